The van der Waals surface area contributed by atoms with Gasteiger partial charge in [0.2, 0.25) is 5.91 Å². The molecule has 6 nitrogen and oxygen atoms in total. The van der Waals surface area contributed by atoms with E-state index < -0.39 is 12.8 Å². The molecule has 0 spiro atoms. The summed E-state index contributed by atoms with van der Waals surface area (Å²) in [6.45, 7) is -1.01. The summed E-state index contributed by atoms with van der Waals surface area (Å²) in [6, 6.07) is 13.1. The number of nitrogens with zero attached hydrogens (tertiary/aromatic N) is 1. The maximum atomic E-state index is 12.2. The van der Waals surface area contributed by atoms with Crippen LogP contribution in [0.3, 0.4) is 0 Å². The second-order valence-corrected chi connectivity index (χ2v) is 6.10. The van der Waals surface area contributed by atoms with Crippen LogP contribution in [0.1, 0.15) is 11.1 Å². The number of carbonyl (C=O) groups excluding carboxylic acids is 1. The summed E-state index contributed by atoms with van der Waals surface area (Å²) in [5, 5.41) is 8.61. The van der Waals surface area contributed by atoms with E-state index in [-0.39, 0.29) is 42.2 Å². The van der Waals surface area contributed by atoms with Gasteiger partial charge in [0.25, 0.3) is 0 Å². The number of anilines is 1. The lowest BCUT2D eigenvalue weighted by atomic mass is 10.2. The van der Waals surface area contributed by atoms with Crippen LogP contribution in [-0.2, 0) is 11.3 Å². The number of guanidine groups is 1. The van der Waals surface area contributed by atoms with Gasteiger partial charge in [0.15, 0.2) is 12.6 Å². The SMILES string of the molecule is C#Cc1cccc(NC(=O)CNC(=NC)NCc2ccc(OCC(F)(F)F)cc2)c1.I. The molecule has 0 aliphatic rings. The van der Waals surface area contributed by atoms with Crippen molar-refractivity contribution in [1.29, 1.82) is 0 Å². The monoisotopic (exact) mass is 546 g/mol. The highest BCUT2D eigenvalue weighted by atomic mass is 127. The molecule has 0 saturated heterocycles. The number of carbonyl (C=O) groups is 1. The first kappa shape index (κ1) is 26.1. The van der Waals surface area contributed by atoms with Gasteiger partial charge in [0.05, 0.1) is 6.54 Å². The Morgan fingerprint density at radius 2 is 1.87 bits per heavy atom. The molecule has 0 atom stereocenters. The largest absolute Gasteiger partial charge is 0.484 e. The van der Waals surface area contributed by atoms with Crippen molar-refractivity contribution in [3.05, 3.63) is 59.7 Å². The number of hydrogen-bond donors (Lipinski definition) is 3. The van der Waals surface area contributed by atoms with E-state index in [0.29, 0.717) is 23.8 Å². The van der Waals surface area contributed by atoms with Gasteiger partial charge in [-0.25, -0.2) is 0 Å². The predicted molar refractivity (Wildman–Crippen MR) is 125 cm³/mol. The highest BCUT2D eigenvalue weighted by Gasteiger charge is 2.28. The molecule has 2 rings (SSSR count). The van der Waals surface area contributed by atoms with E-state index in [1.807, 2.05) is 0 Å². The van der Waals surface area contributed by atoms with E-state index in [1.54, 1.807) is 43.4 Å². The van der Waals surface area contributed by atoms with Crippen LogP contribution in [0.5, 0.6) is 5.75 Å². The second kappa shape index (κ2) is 12.7. The van der Waals surface area contributed by atoms with Crippen molar-refractivity contribution in [2.75, 3.05) is 25.5 Å². The molecule has 10 heteroatoms. The Morgan fingerprint density at radius 3 is 2.48 bits per heavy atom. The van der Waals surface area contributed by atoms with Gasteiger partial charge in [-0.05, 0) is 35.9 Å². The molecule has 0 aliphatic heterocycles. The van der Waals surface area contributed by atoms with Crippen LogP contribution in [0.15, 0.2) is 53.5 Å². The normalized spacial score (nSPS) is 11.0. The molecule has 2 aromatic carbocycles. The van der Waals surface area contributed by atoms with Crippen LogP contribution in [0, 0.1) is 12.3 Å². The molecule has 0 aliphatic carbocycles. The summed E-state index contributed by atoms with van der Waals surface area (Å²) in [7, 11) is 1.55. The minimum atomic E-state index is -4.38. The van der Waals surface area contributed by atoms with Crippen LogP contribution >= 0.6 is 24.0 Å². The van der Waals surface area contributed by atoms with Crippen molar-refractivity contribution in [3.8, 4) is 18.1 Å². The highest BCUT2D eigenvalue weighted by molar-refractivity contribution is 14.0. The fraction of sp³-hybridized carbons (Fsp3) is 0.238. The van der Waals surface area contributed by atoms with Crippen LogP contribution in [0.2, 0.25) is 0 Å². The molecule has 166 valence electrons. The number of halogens is 4. The summed E-state index contributed by atoms with van der Waals surface area (Å²) in [4.78, 5) is 16.1. The van der Waals surface area contributed by atoms with Gasteiger partial charge in [-0.3, -0.25) is 9.79 Å². The Bertz CT molecular complexity index is 925. The number of amides is 1. The number of ether oxygens (including phenoxy) is 1. The molecular formula is C21H22F3IN4O2. The number of rotatable bonds is 7. The Balaban J connectivity index is 0.00000480. The summed E-state index contributed by atoms with van der Waals surface area (Å²) in [5.41, 5.74) is 2.05. The molecule has 3 N–H and O–H groups in total. The molecule has 0 bridgehead atoms. The quantitative estimate of drug-likeness (QED) is 0.215. The fourth-order valence-corrected chi connectivity index (χ4v) is 2.33. The van der Waals surface area contributed by atoms with Gasteiger partial charge in [-0.15, -0.1) is 30.4 Å². The molecule has 0 fully saturated rings. The van der Waals surface area contributed by atoms with Crippen molar-refractivity contribution >= 4 is 41.5 Å². The lowest BCUT2D eigenvalue weighted by Gasteiger charge is -2.13. The van der Waals surface area contributed by atoms with Crippen molar-refractivity contribution in [1.82, 2.24) is 10.6 Å². The van der Waals surface area contributed by atoms with Crippen LogP contribution in [-0.4, -0.2) is 38.2 Å². The zero-order valence-electron chi connectivity index (χ0n) is 16.6. The third-order valence-corrected chi connectivity index (χ3v) is 3.74. The van der Waals surface area contributed by atoms with Gasteiger partial charge in [0, 0.05) is 24.8 Å². The average Bonchev–Trinajstić information content (AvgIpc) is 2.72. The van der Waals surface area contributed by atoms with E-state index in [1.165, 1.54) is 12.1 Å². The van der Waals surface area contributed by atoms with Gasteiger partial charge in [-0.1, -0.05) is 24.1 Å². The van der Waals surface area contributed by atoms with Gasteiger partial charge >= 0.3 is 6.18 Å². The molecule has 31 heavy (non-hydrogen) atoms. The van der Waals surface area contributed by atoms with Crippen molar-refractivity contribution in [2.45, 2.75) is 12.7 Å². The molecule has 1 amide bonds. The Morgan fingerprint density at radius 1 is 1.16 bits per heavy atom. The summed E-state index contributed by atoms with van der Waals surface area (Å²) < 4.78 is 41.2. The third kappa shape index (κ3) is 10.1. The highest BCUT2D eigenvalue weighted by Crippen LogP contribution is 2.18. The number of nitrogens with one attached hydrogen (secondary N) is 3. The molecule has 0 saturated carbocycles. The molecule has 0 radical (unpaired) electrons. The minimum absolute atomic E-state index is 0. The summed E-state index contributed by atoms with van der Waals surface area (Å²) in [5.74, 6) is 2.73. The molecule has 0 unspecified atom stereocenters. The van der Waals surface area contributed by atoms with E-state index in [0.717, 1.165) is 5.56 Å². The number of terminal acetylenes is 1. The number of aliphatic imine (C=N–C) groups is 1. The van der Waals surface area contributed by atoms with Crippen molar-refractivity contribution in [2.24, 2.45) is 4.99 Å². The first-order valence-electron chi connectivity index (χ1n) is 8.88. The number of benzene rings is 2. The first-order valence-corrected chi connectivity index (χ1v) is 8.88. The lowest BCUT2D eigenvalue weighted by molar-refractivity contribution is -0.153. The third-order valence-electron chi connectivity index (χ3n) is 3.74. The first-order chi connectivity index (χ1) is 14.3. The van der Waals surface area contributed by atoms with Crippen LogP contribution in [0.25, 0.3) is 0 Å². The van der Waals surface area contributed by atoms with E-state index in [2.05, 4.69) is 31.6 Å². The zero-order valence-corrected chi connectivity index (χ0v) is 19.0. The minimum Gasteiger partial charge on any atom is -0.484 e. The Labute approximate surface area is 195 Å². The molecule has 0 aromatic heterocycles. The smallest absolute Gasteiger partial charge is 0.422 e. The second-order valence-electron chi connectivity index (χ2n) is 6.10. The fourth-order valence-electron chi connectivity index (χ4n) is 2.33. The van der Waals surface area contributed by atoms with Crippen LogP contribution < -0.4 is 20.7 Å². The van der Waals surface area contributed by atoms with Crippen molar-refractivity contribution in [3.63, 3.8) is 0 Å². The topological polar surface area (TPSA) is 74.8 Å². The van der Waals surface area contributed by atoms with Crippen LogP contribution in [0.4, 0.5) is 18.9 Å². The van der Waals surface area contributed by atoms with Gasteiger partial charge in [-0.2, -0.15) is 13.2 Å². The molecule has 0 heterocycles. The lowest BCUT2D eigenvalue weighted by Crippen LogP contribution is -2.41. The maximum absolute atomic E-state index is 12.2. The van der Waals surface area contributed by atoms with Gasteiger partial charge < -0.3 is 20.7 Å². The molecule has 2 aromatic rings. The van der Waals surface area contributed by atoms with E-state index in [9.17, 15) is 18.0 Å². The predicted octanol–water partition coefficient (Wildman–Crippen LogP) is 3.53. The van der Waals surface area contributed by atoms with E-state index in [4.69, 9.17) is 6.42 Å². The number of alkyl halides is 3. The Kier molecular flexibility index (Phi) is 10.7. The summed E-state index contributed by atoms with van der Waals surface area (Å²) in [6.07, 6.45) is 0.956. The average molecular weight is 546 g/mol. The van der Waals surface area contributed by atoms with Crippen molar-refractivity contribution < 1.29 is 22.7 Å². The zero-order chi connectivity index (χ0) is 22.0. The summed E-state index contributed by atoms with van der Waals surface area (Å²) >= 11 is 0. The maximum Gasteiger partial charge on any atom is 0.422 e. The van der Waals surface area contributed by atoms with Gasteiger partial charge in [0.1, 0.15) is 5.75 Å². The number of hydrogen-bond acceptors (Lipinski definition) is 3. The standard InChI is InChI=1S/C21H21F3N4O2.HI/c1-3-15-5-4-6-17(11-15)28-19(29)13-27-20(25-2)26-12-16-7-9-18(10-8-16)30-14-21(22,23)24;/h1,4-11H,12-14H2,2H3,(H,28,29)(H2,25,26,27);1H. The molecular weight excluding hydrogens is 524 g/mol. The Hall–Kier alpha value is -2.94. The van der Waals surface area contributed by atoms with E-state index >= 15 is 0 Å².